The zero-order valence-electron chi connectivity index (χ0n) is 23.8. The van der Waals surface area contributed by atoms with Gasteiger partial charge in [0.1, 0.15) is 17.7 Å². The molecule has 220 valence electrons. The van der Waals surface area contributed by atoms with Crippen LogP contribution in [0.15, 0.2) is 60.2 Å². The molecule has 0 saturated carbocycles. The van der Waals surface area contributed by atoms with E-state index in [1.165, 1.54) is 12.5 Å². The van der Waals surface area contributed by atoms with Gasteiger partial charge in [0.15, 0.2) is 10.8 Å². The van der Waals surface area contributed by atoms with Crippen molar-refractivity contribution in [1.82, 2.24) is 25.2 Å². The number of methoxy groups -OCH3 is 1. The standard InChI is InChI=1S/C29H32N6O6S/c1-29(2,3)41-28(39)33-23(18-11-12-22-19(14-18)30-16-35(22)4)25(37)31-20(13-17-9-7-6-8-10-17)24(36)34-27-32-21(15-42-27)26(38)40-5/h6-12,14-16,20,23H,13H2,1-5H3,(H,31,37)(H,33,39)(H,32,34,36)/t20?,23-/m0/s1. The van der Waals surface area contributed by atoms with E-state index in [2.05, 4.69) is 30.7 Å². The van der Waals surface area contributed by atoms with Gasteiger partial charge >= 0.3 is 12.1 Å². The first kappa shape index (κ1) is 30.2. The third-order valence-electron chi connectivity index (χ3n) is 6.05. The van der Waals surface area contributed by atoms with Crippen molar-refractivity contribution in [1.29, 1.82) is 0 Å². The SMILES string of the molecule is COC(=O)c1csc(NC(=O)C(Cc2ccccc2)NC(=O)[C@@H](NC(=O)OC(C)(C)C)c2ccc3c(c2)ncn3C)n1. The Morgan fingerprint density at radius 2 is 1.76 bits per heavy atom. The van der Waals surface area contributed by atoms with Gasteiger partial charge < -0.3 is 30.0 Å². The molecule has 3 amide bonds. The number of carbonyl (C=O) groups is 4. The molecule has 0 saturated heterocycles. The molecule has 13 heteroatoms. The first-order chi connectivity index (χ1) is 19.9. The Bertz CT molecular complexity index is 1590. The number of alkyl carbamates (subject to hydrolysis) is 1. The molecule has 2 atom stereocenters. The Hall–Kier alpha value is -4.78. The van der Waals surface area contributed by atoms with E-state index in [4.69, 9.17) is 4.74 Å². The van der Waals surface area contributed by atoms with Crippen LogP contribution in [-0.2, 0) is 32.5 Å². The second kappa shape index (κ2) is 12.8. The molecule has 2 heterocycles. The maximum Gasteiger partial charge on any atom is 0.408 e. The number of rotatable bonds is 9. The summed E-state index contributed by atoms with van der Waals surface area (Å²) >= 11 is 1.05. The first-order valence-electron chi connectivity index (χ1n) is 13.0. The number of hydrogen-bond acceptors (Lipinski definition) is 9. The lowest BCUT2D eigenvalue weighted by atomic mass is 10.0. The van der Waals surface area contributed by atoms with Crippen LogP contribution < -0.4 is 16.0 Å². The van der Waals surface area contributed by atoms with E-state index in [1.54, 1.807) is 45.3 Å². The minimum atomic E-state index is -1.21. The number of carbonyl (C=O) groups excluding carboxylic acids is 4. The number of imidazole rings is 1. The molecule has 0 aliphatic heterocycles. The molecular weight excluding hydrogens is 560 g/mol. The lowest BCUT2D eigenvalue weighted by Gasteiger charge is -2.25. The summed E-state index contributed by atoms with van der Waals surface area (Å²) in [5.74, 6) is -1.84. The fraction of sp³-hybridized carbons (Fsp3) is 0.310. The molecule has 12 nitrogen and oxygen atoms in total. The van der Waals surface area contributed by atoms with Crippen LogP contribution in [0.2, 0.25) is 0 Å². The van der Waals surface area contributed by atoms with Gasteiger partial charge in [0, 0.05) is 18.8 Å². The molecule has 0 aliphatic rings. The van der Waals surface area contributed by atoms with E-state index in [1.807, 2.05) is 41.9 Å². The number of esters is 1. The predicted octanol–water partition coefficient (Wildman–Crippen LogP) is 3.75. The molecule has 0 radical (unpaired) electrons. The zero-order chi connectivity index (χ0) is 30.4. The number of nitrogens with zero attached hydrogens (tertiary/aromatic N) is 3. The monoisotopic (exact) mass is 592 g/mol. The normalized spacial score (nSPS) is 12.7. The third-order valence-corrected chi connectivity index (χ3v) is 6.81. The van der Waals surface area contributed by atoms with Crippen molar-refractivity contribution in [2.45, 2.75) is 44.9 Å². The number of aryl methyl sites for hydroxylation is 1. The quantitative estimate of drug-likeness (QED) is 0.249. The molecular formula is C29H32N6O6S. The number of benzene rings is 2. The van der Waals surface area contributed by atoms with Gasteiger partial charge in [0.2, 0.25) is 11.8 Å². The van der Waals surface area contributed by atoms with Gasteiger partial charge in [-0.15, -0.1) is 11.3 Å². The van der Waals surface area contributed by atoms with Crippen LogP contribution in [-0.4, -0.2) is 57.2 Å². The summed E-state index contributed by atoms with van der Waals surface area (Å²) in [7, 11) is 3.08. The second-order valence-electron chi connectivity index (χ2n) is 10.5. The van der Waals surface area contributed by atoms with Crippen molar-refractivity contribution in [3.05, 3.63) is 77.1 Å². The summed E-state index contributed by atoms with van der Waals surface area (Å²) in [6, 6.07) is 12.1. The van der Waals surface area contributed by atoms with E-state index in [0.29, 0.717) is 11.1 Å². The number of nitrogens with one attached hydrogen (secondary N) is 3. The average Bonchev–Trinajstić information content (AvgIpc) is 3.56. The van der Waals surface area contributed by atoms with Crippen LogP contribution in [0.25, 0.3) is 11.0 Å². The summed E-state index contributed by atoms with van der Waals surface area (Å²) in [5, 5.41) is 9.71. The van der Waals surface area contributed by atoms with E-state index in [-0.39, 0.29) is 17.2 Å². The fourth-order valence-electron chi connectivity index (χ4n) is 4.09. The molecule has 42 heavy (non-hydrogen) atoms. The van der Waals surface area contributed by atoms with Crippen molar-refractivity contribution in [2.75, 3.05) is 12.4 Å². The van der Waals surface area contributed by atoms with Gasteiger partial charge in [0.05, 0.1) is 24.5 Å². The summed E-state index contributed by atoms with van der Waals surface area (Å²) < 4.78 is 11.9. The van der Waals surface area contributed by atoms with Crippen molar-refractivity contribution >= 4 is 51.4 Å². The lowest BCUT2D eigenvalue weighted by molar-refractivity contribution is -0.128. The van der Waals surface area contributed by atoms with Crippen LogP contribution in [0.1, 0.15) is 48.4 Å². The average molecular weight is 593 g/mol. The zero-order valence-corrected chi connectivity index (χ0v) is 24.7. The smallest absolute Gasteiger partial charge is 0.408 e. The highest BCUT2D eigenvalue weighted by Gasteiger charge is 2.30. The van der Waals surface area contributed by atoms with Crippen LogP contribution in [0.5, 0.6) is 0 Å². The number of ether oxygens (including phenoxy) is 2. The molecule has 0 spiro atoms. The summed E-state index contributed by atoms with van der Waals surface area (Å²) in [6.45, 7) is 5.14. The van der Waals surface area contributed by atoms with Crippen molar-refractivity contribution in [2.24, 2.45) is 7.05 Å². The first-order valence-corrected chi connectivity index (χ1v) is 13.9. The number of thiazole rings is 1. The largest absolute Gasteiger partial charge is 0.464 e. The topological polar surface area (TPSA) is 154 Å². The molecule has 2 aromatic carbocycles. The predicted molar refractivity (Wildman–Crippen MR) is 157 cm³/mol. The number of hydrogen-bond donors (Lipinski definition) is 3. The highest BCUT2D eigenvalue weighted by Crippen LogP contribution is 2.22. The van der Waals surface area contributed by atoms with Crippen molar-refractivity contribution in [3.8, 4) is 0 Å². The van der Waals surface area contributed by atoms with Gasteiger partial charge in [-0.3, -0.25) is 9.59 Å². The minimum Gasteiger partial charge on any atom is -0.464 e. The second-order valence-corrected chi connectivity index (χ2v) is 11.3. The molecule has 3 N–H and O–H groups in total. The third kappa shape index (κ3) is 7.69. The van der Waals surface area contributed by atoms with Crippen LogP contribution in [0.3, 0.4) is 0 Å². The van der Waals surface area contributed by atoms with Crippen LogP contribution in [0, 0.1) is 0 Å². The van der Waals surface area contributed by atoms with E-state index in [9.17, 15) is 19.2 Å². The van der Waals surface area contributed by atoms with Gasteiger partial charge in [-0.2, -0.15) is 0 Å². The molecule has 1 unspecified atom stereocenters. The number of anilines is 1. The Morgan fingerprint density at radius 3 is 2.45 bits per heavy atom. The summed E-state index contributed by atoms with van der Waals surface area (Å²) in [4.78, 5) is 60.3. The Kier molecular flexibility index (Phi) is 9.21. The van der Waals surface area contributed by atoms with Crippen molar-refractivity contribution in [3.63, 3.8) is 0 Å². The maximum absolute atomic E-state index is 13.8. The molecule has 0 fully saturated rings. The Morgan fingerprint density at radius 1 is 1.02 bits per heavy atom. The van der Waals surface area contributed by atoms with Gasteiger partial charge in [-0.1, -0.05) is 36.4 Å². The number of amides is 3. The van der Waals surface area contributed by atoms with Gasteiger partial charge in [-0.25, -0.2) is 19.6 Å². The van der Waals surface area contributed by atoms with Gasteiger partial charge in [-0.05, 0) is 44.0 Å². The van der Waals surface area contributed by atoms with Crippen LogP contribution >= 0.6 is 11.3 Å². The Balaban J connectivity index is 1.62. The summed E-state index contributed by atoms with van der Waals surface area (Å²) in [5.41, 5.74) is 1.95. The lowest BCUT2D eigenvalue weighted by Crippen LogP contribution is -2.50. The number of aromatic nitrogens is 3. The highest BCUT2D eigenvalue weighted by atomic mass is 32.1. The van der Waals surface area contributed by atoms with Crippen molar-refractivity contribution < 1.29 is 28.7 Å². The number of fused-ring (bicyclic) bond motifs is 1. The van der Waals surface area contributed by atoms with Crippen LogP contribution in [0.4, 0.5) is 9.93 Å². The highest BCUT2D eigenvalue weighted by molar-refractivity contribution is 7.14. The molecule has 0 aliphatic carbocycles. The fourth-order valence-corrected chi connectivity index (χ4v) is 4.78. The molecule has 0 bridgehead atoms. The molecule has 4 rings (SSSR count). The molecule has 4 aromatic rings. The van der Waals surface area contributed by atoms with E-state index < -0.39 is 41.6 Å². The van der Waals surface area contributed by atoms with E-state index >= 15 is 0 Å². The summed E-state index contributed by atoms with van der Waals surface area (Å²) in [6.07, 6.45) is 0.993. The molecule has 2 aromatic heterocycles. The maximum atomic E-state index is 13.8. The van der Waals surface area contributed by atoms with Gasteiger partial charge in [0.25, 0.3) is 0 Å². The Labute approximate surface area is 246 Å². The van der Waals surface area contributed by atoms with E-state index in [0.717, 1.165) is 22.4 Å². The minimum absolute atomic E-state index is 0.0491.